The summed E-state index contributed by atoms with van der Waals surface area (Å²) in [6.07, 6.45) is 0. The Hall–Kier alpha value is -2.27. The van der Waals surface area contributed by atoms with E-state index in [1.54, 1.807) is 7.11 Å². The van der Waals surface area contributed by atoms with Crippen LogP contribution in [-0.2, 0) is 13.1 Å². The number of guanidine groups is 1. The van der Waals surface area contributed by atoms with Gasteiger partial charge in [0.25, 0.3) is 0 Å². The fraction of sp³-hybridized carbons (Fsp3) is 0.294. The van der Waals surface area contributed by atoms with E-state index in [1.807, 2.05) is 49.4 Å². The van der Waals surface area contributed by atoms with Gasteiger partial charge >= 0.3 is 0 Å². The van der Waals surface area contributed by atoms with E-state index in [0.717, 1.165) is 28.8 Å². The third-order valence-corrected chi connectivity index (χ3v) is 3.36. The Morgan fingerprint density at radius 1 is 1.17 bits per heavy atom. The monoisotopic (exact) mass is 332 g/mol. The van der Waals surface area contributed by atoms with E-state index in [2.05, 4.69) is 20.6 Å². The van der Waals surface area contributed by atoms with Crippen LogP contribution in [-0.4, -0.2) is 24.6 Å². The second kappa shape index (κ2) is 9.00. The van der Waals surface area contributed by atoms with Crippen molar-refractivity contribution in [3.63, 3.8) is 0 Å². The normalized spacial score (nSPS) is 11.2. The van der Waals surface area contributed by atoms with Crippen LogP contribution in [0.4, 0.5) is 0 Å². The van der Waals surface area contributed by atoms with Crippen LogP contribution in [0.25, 0.3) is 0 Å². The molecule has 0 atom stereocenters. The molecule has 0 saturated heterocycles. The zero-order chi connectivity index (χ0) is 16.5. The molecule has 1 aromatic carbocycles. The molecule has 0 spiro atoms. The molecular formula is C17H21ClN4O. The van der Waals surface area contributed by atoms with Crippen LogP contribution in [0.3, 0.4) is 0 Å². The van der Waals surface area contributed by atoms with Crippen LogP contribution in [0.2, 0.25) is 5.02 Å². The van der Waals surface area contributed by atoms with Gasteiger partial charge in [-0.25, -0.2) is 9.98 Å². The topological polar surface area (TPSA) is 58.5 Å². The molecule has 2 rings (SSSR count). The van der Waals surface area contributed by atoms with Crippen LogP contribution in [0.5, 0.6) is 5.88 Å². The van der Waals surface area contributed by atoms with Gasteiger partial charge in [0.1, 0.15) is 0 Å². The number of nitrogens with zero attached hydrogens (tertiary/aromatic N) is 2. The molecule has 0 unspecified atom stereocenters. The maximum atomic E-state index is 5.89. The van der Waals surface area contributed by atoms with Gasteiger partial charge in [-0.05, 0) is 30.7 Å². The van der Waals surface area contributed by atoms with Gasteiger partial charge in [0.05, 0.1) is 25.9 Å². The molecule has 23 heavy (non-hydrogen) atoms. The lowest BCUT2D eigenvalue weighted by Gasteiger charge is -2.11. The highest BCUT2D eigenvalue weighted by molar-refractivity contribution is 6.30. The Balaban J connectivity index is 1.96. The number of hydrogen-bond donors (Lipinski definition) is 2. The minimum atomic E-state index is 0.573. The van der Waals surface area contributed by atoms with Crippen LogP contribution < -0.4 is 15.4 Å². The summed E-state index contributed by atoms with van der Waals surface area (Å²) in [5.74, 6) is 1.35. The summed E-state index contributed by atoms with van der Waals surface area (Å²) < 4.78 is 5.13. The number of pyridine rings is 1. The molecule has 6 heteroatoms. The summed E-state index contributed by atoms with van der Waals surface area (Å²) in [4.78, 5) is 8.93. The first-order valence-corrected chi connectivity index (χ1v) is 7.85. The zero-order valence-electron chi connectivity index (χ0n) is 13.3. The number of halogens is 1. The minimum Gasteiger partial charge on any atom is -0.481 e. The molecular weight excluding hydrogens is 312 g/mol. The van der Waals surface area contributed by atoms with Crippen molar-refractivity contribution in [3.05, 3.63) is 58.7 Å². The summed E-state index contributed by atoms with van der Waals surface area (Å²) >= 11 is 5.89. The highest BCUT2D eigenvalue weighted by Gasteiger charge is 2.01. The molecule has 0 bridgehead atoms. The van der Waals surface area contributed by atoms with Gasteiger partial charge in [0, 0.05) is 17.6 Å². The number of methoxy groups -OCH3 is 1. The number of aliphatic imine (C=N–C) groups is 1. The standard InChI is InChI=1S/C17H21ClN4O/c1-3-19-17(20-11-13-7-9-14(18)10-8-13)21-12-15-5-4-6-16(22-15)23-2/h4-10H,3,11-12H2,1-2H3,(H2,19,20,21). The summed E-state index contributed by atoms with van der Waals surface area (Å²) in [6, 6.07) is 13.4. The van der Waals surface area contributed by atoms with Crippen molar-refractivity contribution in [1.82, 2.24) is 15.6 Å². The van der Waals surface area contributed by atoms with Crippen molar-refractivity contribution in [2.75, 3.05) is 13.7 Å². The van der Waals surface area contributed by atoms with Crippen molar-refractivity contribution < 1.29 is 4.74 Å². The molecule has 1 heterocycles. The summed E-state index contributed by atoms with van der Waals surface area (Å²) in [5.41, 5.74) is 1.99. The number of aromatic nitrogens is 1. The predicted molar refractivity (Wildman–Crippen MR) is 93.9 cm³/mol. The SMILES string of the molecule is CCNC(=NCc1ccc(Cl)cc1)NCc1cccc(OC)n1. The number of benzene rings is 1. The quantitative estimate of drug-likeness (QED) is 0.630. The summed E-state index contributed by atoms with van der Waals surface area (Å²) in [5, 5.41) is 7.21. The fourth-order valence-electron chi connectivity index (χ4n) is 1.95. The van der Waals surface area contributed by atoms with Gasteiger partial charge in [-0.1, -0.05) is 29.8 Å². The van der Waals surface area contributed by atoms with Gasteiger partial charge in [-0.15, -0.1) is 0 Å². The molecule has 2 aromatic rings. The lowest BCUT2D eigenvalue weighted by atomic mass is 10.2. The van der Waals surface area contributed by atoms with E-state index >= 15 is 0 Å². The zero-order valence-corrected chi connectivity index (χ0v) is 14.1. The third kappa shape index (κ3) is 5.79. The van der Waals surface area contributed by atoms with Crippen molar-refractivity contribution in [2.45, 2.75) is 20.0 Å². The van der Waals surface area contributed by atoms with Gasteiger partial charge in [-0.2, -0.15) is 0 Å². The molecule has 0 fully saturated rings. The van der Waals surface area contributed by atoms with Gasteiger partial charge in [0.15, 0.2) is 5.96 Å². The number of ether oxygens (including phenoxy) is 1. The highest BCUT2D eigenvalue weighted by Crippen LogP contribution is 2.10. The summed E-state index contributed by atoms with van der Waals surface area (Å²) in [6.45, 7) is 3.98. The van der Waals surface area contributed by atoms with Crippen LogP contribution in [0.15, 0.2) is 47.5 Å². The fourth-order valence-corrected chi connectivity index (χ4v) is 2.07. The van der Waals surface area contributed by atoms with Crippen LogP contribution >= 0.6 is 11.6 Å². The van der Waals surface area contributed by atoms with Gasteiger partial charge in [-0.3, -0.25) is 0 Å². The maximum absolute atomic E-state index is 5.89. The number of nitrogens with one attached hydrogen (secondary N) is 2. The molecule has 0 radical (unpaired) electrons. The van der Waals surface area contributed by atoms with E-state index in [0.29, 0.717) is 19.0 Å². The molecule has 0 saturated carbocycles. The average Bonchev–Trinajstić information content (AvgIpc) is 2.59. The second-order valence-electron chi connectivity index (χ2n) is 4.85. The highest BCUT2D eigenvalue weighted by atomic mass is 35.5. The van der Waals surface area contributed by atoms with Crippen LogP contribution in [0.1, 0.15) is 18.2 Å². The molecule has 5 nitrogen and oxygen atoms in total. The Morgan fingerprint density at radius 3 is 2.65 bits per heavy atom. The van der Waals surface area contributed by atoms with Crippen molar-refractivity contribution in [2.24, 2.45) is 4.99 Å². The Kier molecular flexibility index (Phi) is 6.69. The molecule has 0 amide bonds. The smallest absolute Gasteiger partial charge is 0.213 e. The van der Waals surface area contributed by atoms with E-state index in [-0.39, 0.29) is 0 Å². The first kappa shape index (κ1) is 17.1. The van der Waals surface area contributed by atoms with Crippen LogP contribution in [0, 0.1) is 0 Å². The minimum absolute atomic E-state index is 0.573. The number of rotatable bonds is 6. The number of hydrogen-bond acceptors (Lipinski definition) is 3. The van der Waals surface area contributed by atoms with E-state index < -0.39 is 0 Å². The second-order valence-corrected chi connectivity index (χ2v) is 5.28. The lowest BCUT2D eigenvalue weighted by Crippen LogP contribution is -2.37. The summed E-state index contributed by atoms with van der Waals surface area (Å²) in [7, 11) is 1.61. The Morgan fingerprint density at radius 2 is 1.96 bits per heavy atom. The molecule has 1 aromatic heterocycles. The van der Waals surface area contributed by atoms with E-state index in [1.165, 1.54) is 0 Å². The molecule has 2 N–H and O–H groups in total. The Labute approximate surface area is 141 Å². The molecule has 0 aliphatic rings. The van der Waals surface area contributed by atoms with Gasteiger partial charge in [0.2, 0.25) is 5.88 Å². The van der Waals surface area contributed by atoms with Crippen molar-refractivity contribution >= 4 is 17.6 Å². The van der Waals surface area contributed by atoms with Crippen molar-refractivity contribution in [1.29, 1.82) is 0 Å². The lowest BCUT2D eigenvalue weighted by molar-refractivity contribution is 0.396. The van der Waals surface area contributed by atoms with E-state index in [9.17, 15) is 0 Å². The van der Waals surface area contributed by atoms with Crippen molar-refractivity contribution in [3.8, 4) is 5.88 Å². The Bertz CT molecular complexity index is 643. The predicted octanol–water partition coefficient (Wildman–Crippen LogP) is 3.00. The van der Waals surface area contributed by atoms with Gasteiger partial charge < -0.3 is 15.4 Å². The maximum Gasteiger partial charge on any atom is 0.213 e. The molecule has 0 aliphatic heterocycles. The van der Waals surface area contributed by atoms with E-state index in [4.69, 9.17) is 16.3 Å². The molecule has 122 valence electrons. The first-order valence-electron chi connectivity index (χ1n) is 7.48. The third-order valence-electron chi connectivity index (χ3n) is 3.10. The first-order chi connectivity index (χ1) is 11.2. The average molecular weight is 333 g/mol. The molecule has 0 aliphatic carbocycles. The largest absolute Gasteiger partial charge is 0.481 e.